The van der Waals surface area contributed by atoms with Gasteiger partial charge in [-0.25, -0.2) is 0 Å². The second-order valence-electron chi connectivity index (χ2n) is 4.55. The summed E-state index contributed by atoms with van der Waals surface area (Å²) in [7, 11) is 0. The number of nitrogens with zero attached hydrogens (tertiary/aromatic N) is 1. The summed E-state index contributed by atoms with van der Waals surface area (Å²) in [5.41, 5.74) is 2.88. The maximum Gasteiger partial charge on any atom is 0.251 e. The molecule has 3 heteroatoms. The summed E-state index contributed by atoms with van der Waals surface area (Å²) < 4.78 is 0. The van der Waals surface area contributed by atoms with E-state index in [2.05, 4.69) is 10.3 Å². The minimum absolute atomic E-state index is 0.00952. The average Bonchev–Trinajstić information content (AvgIpc) is 2.44. The molecule has 3 nitrogen and oxygen atoms in total. The van der Waals surface area contributed by atoms with E-state index in [0.717, 1.165) is 29.7 Å². The minimum atomic E-state index is -0.00952. The normalized spacial score (nSPS) is 10.2. The third-order valence-corrected chi connectivity index (χ3v) is 2.90. The predicted molar refractivity (Wildman–Crippen MR) is 76.1 cm³/mol. The Kier molecular flexibility index (Phi) is 4.67. The molecule has 1 N–H and O–H groups in total. The molecule has 1 aromatic heterocycles. The highest BCUT2D eigenvalue weighted by atomic mass is 16.1. The number of amides is 1. The Labute approximate surface area is 113 Å². The number of carbonyl (C=O) groups excluding carboxylic acids is 1. The molecule has 1 heterocycles. The maximum atomic E-state index is 11.9. The summed E-state index contributed by atoms with van der Waals surface area (Å²) in [5.74, 6) is -0.00952. The molecule has 0 unspecified atom stereocenters. The molecule has 19 heavy (non-hydrogen) atoms. The number of benzene rings is 1. The van der Waals surface area contributed by atoms with Crippen molar-refractivity contribution in [3.8, 4) is 0 Å². The fourth-order valence-corrected chi connectivity index (χ4v) is 1.91. The van der Waals surface area contributed by atoms with Crippen LogP contribution in [0.15, 0.2) is 48.7 Å². The number of carbonyl (C=O) groups is 1. The van der Waals surface area contributed by atoms with Crippen LogP contribution in [0, 0.1) is 6.92 Å². The molecule has 0 aliphatic rings. The summed E-state index contributed by atoms with van der Waals surface area (Å²) in [5, 5.41) is 2.93. The van der Waals surface area contributed by atoms with Crippen LogP contribution < -0.4 is 5.32 Å². The van der Waals surface area contributed by atoms with Crippen LogP contribution in [0.3, 0.4) is 0 Å². The number of hydrogen-bond acceptors (Lipinski definition) is 2. The van der Waals surface area contributed by atoms with Crippen LogP contribution in [-0.2, 0) is 6.42 Å². The Morgan fingerprint density at radius 2 is 2.11 bits per heavy atom. The fourth-order valence-electron chi connectivity index (χ4n) is 1.91. The van der Waals surface area contributed by atoms with Gasteiger partial charge < -0.3 is 5.32 Å². The first-order chi connectivity index (χ1) is 9.25. The van der Waals surface area contributed by atoms with Gasteiger partial charge in [-0.1, -0.05) is 23.8 Å². The van der Waals surface area contributed by atoms with Crippen molar-refractivity contribution in [2.24, 2.45) is 0 Å². The highest BCUT2D eigenvalue weighted by Gasteiger charge is 2.04. The van der Waals surface area contributed by atoms with Crippen LogP contribution in [0.2, 0.25) is 0 Å². The van der Waals surface area contributed by atoms with Crippen molar-refractivity contribution >= 4 is 5.91 Å². The molecule has 1 aromatic carbocycles. The van der Waals surface area contributed by atoms with Gasteiger partial charge in [-0.3, -0.25) is 9.78 Å². The zero-order chi connectivity index (χ0) is 13.5. The summed E-state index contributed by atoms with van der Waals surface area (Å²) in [6.07, 6.45) is 3.57. The lowest BCUT2D eigenvalue weighted by molar-refractivity contribution is 0.0953. The minimum Gasteiger partial charge on any atom is -0.352 e. The topological polar surface area (TPSA) is 42.0 Å². The number of pyridine rings is 1. The Morgan fingerprint density at radius 1 is 1.21 bits per heavy atom. The number of aromatic nitrogens is 1. The smallest absolute Gasteiger partial charge is 0.251 e. The van der Waals surface area contributed by atoms with E-state index in [1.807, 2.05) is 49.4 Å². The van der Waals surface area contributed by atoms with Crippen molar-refractivity contribution in [1.29, 1.82) is 0 Å². The summed E-state index contributed by atoms with van der Waals surface area (Å²) in [6, 6.07) is 13.5. The second kappa shape index (κ2) is 6.69. The first-order valence-electron chi connectivity index (χ1n) is 6.50. The van der Waals surface area contributed by atoms with Crippen molar-refractivity contribution in [2.75, 3.05) is 6.54 Å². The standard InChI is InChI=1S/C16H18N2O/c1-13-6-4-7-14(12-13)16(19)18-11-5-9-15-8-2-3-10-17-15/h2-4,6-8,10,12H,5,9,11H2,1H3,(H,18,19). The van der Waals surface area contributed by atoms with Crippen LogP contribution in [-0.4, -0.2) is 17.4 Å². The fraction of sp³-hybridized carbons (Fsp3) is 0.250. The molecule has 0 saturated heterocycles. The average molecular weight is 254 g/mol. The van der Waals surface area contributed by atoms with Gasteiger partial charge in [0, 0.05) is 24.0 Å². The number of rotatable bonds is 5. The second-order valence-corrected chi connectivity index (χ2v) is 4.55. The summed E-state index contributed by atoms with van der Waals surface area (Å²) in [6.45, 7) is 2.65. The zero-order valence-corrected chi connectivity index (χ0v) is 11.1. The van der Waals surface area contributed by atoms with Gasteiger partial charge >= 0.3 is 0 Å². The van der Waals surface area contributed by atoms with Gasteiger partial charge in [-0.2, -0.15) is 0 Å². The molecule has 0 radical (unpaired) electrons. The Morgan fingerprint density at radius 3 is 2.84 bits per heavy atom. The Bertz CT molecular complexity index is 537. The van der Waals surface area contributed by atoms with Crippen molar-refractivity contribution in [3.05, 3.63) is 65.5 Å². The Hall–Kier alpha value is -2.16. The van der Waals surface area contributed by atoms with Crippen LogP contribution in [0.25, 0.3) is 0 Å². The molecule has 98 valence electrons. The lowest BCUT2D eigenvalue weighted by Gasteiger charge is -2.05. The largest absolute Gasteiger partial charge is 0.352 e. The first-order valence-corrected chi connectivity index (χ1v) is 6.50. The molecule has 1 amide bonds. The number of aryl methyl sites for hydroxylation is 2. The lowest BCUT2D eigenvalue weighted by Crippen LogP contribution is -2.24. The molecule has 2 rings (SSSR count). The van der Waals surface area contributed by atoms with E-state index in [1.165, 1.54) is 0 Å². The van der Waals surface area contributed by atoms with Crippen LogP contribution >= 0.6 is 0 Å². The molecule has 0 aliphatic carbocycles. The van der Waals surface area contributed by atoms with Gasteiger partial charge in [0.05, 0.1) is 0 Å². The van der Waals surface area contributed by atoms with E-state index in [9.17, 15) is 4.79 Å². The van der Waals surface area contributed by atoms with E-state index < -0.39 is 0 Å². The van der Waals surface area contributed by atoms with Crippen molar-refractivity contribution in [3.63, 3.8) is 0 Å². The van der Waals surface area contributed by atoms with Gasteiger partial charge in [0.2, 0.25) is 0 Å². The van der Waals surface area contributed by atoms with Crippen LogP contribution in [0.4, 0.5) is 0 Å². The van der Waals surface area contributed by atoms with Crippen LogP contribution in [0.1, 0.15) is 28.0 Å². The summed E-state index contributed by atoms with van der Waals surface area (Å²) in [4.78, 5) is 16.1. The van der Waals surface area contributed by atoms with E-state index in [4.69, 9.17) is 0 Å². The molecular formula is C16H18N2O. The lowest BCUT2D eigenvalue weighted by atomic mass is 10.1. The van der Waals surface area contributed by atoms with Gasteiger partial charge in [0.15, 0.2) is 0 Å². The van der Waals surface area contributed by atoms with Crippen molar-refractivity contribution < 1.29 is 4.79 Å². The van der Waals surface area contributed by atoms with E-state index >= 15 is 0 Å². The van der Waals surface area contributed by atoms with E-state index in [0.29, 0.717) is 6.54 Å². The molecule has 0 aliphatic heterocycles. The zero-order valence-electron chi connectivity index (χ0n) is 11.1. The van der Waals surface area contributed by atoms with E-state index in [1.54, 1.807) is 6.20 Å². The molecule has 0 fully saturated rings. The molecule has 0 saturated carbocycles. The first kappa shape index (κ1) is 13.3. The molecule has 2 aromatic rings. The third kappa shape index (κ3) is 4.21. The number of nitrogens with one attached hydrogen (secondary N) is 1. The Balaban J connectivity index is 1.75. The molecule has 0 atom stereocenters. The van der Waals surface area contributed by atoms with Gasteiger partial charge in [0.1, 0.15) is 0 Å². The quantitative estimate of drug-likeness (QED) is 0.834. The predicted octanol–water partition coefficient (Wildman–Crippen LogP) is 2.75. The molecular weight excluding hydrogens is 236 g/mol. The third-order valence-electron chi connectivity index (χ3n) is 2.90. The van der Waals surface area contributed by atoms with Crippen molar-refractivity contribution in [2.45, 2.75) is 19.8 Å². The molecule has 0 spiro atoms. The van der Waals surface area contributed by atoms with Gasteiger partial charge in [0.25, 0.3) is 5.91 Å². The highest BCUT2D eigenvalue weighted by molar-refractivity contribution is 5.94. The summed E-state index contributed by atoms with van der Waals surface area (Å²) >= 11 is 0. The van der Waals surface area contributed by atoms with Gasteiger partial charge in [-0.15, -0.1) is 0 Å². The van der Waals surface area contributed by atoms with Crippen LogP contribution in [0.5, 0.6) is 0 Å². The number of hydrogen-bond donors (Lipinski definition) is 1. The van der Waals surface area contributed by atoms with Crippen molar-refractivity contribution in [1.82, 2.24) is 10.3 Å². The maximum absolute atomic E-state index is 11.9. The SMILES string of the molecule is Cc1cccc(C(=O)NCCCc2ccccn2)c1. The highest BCUT2D eigenvalue weighted by Crippen LogP contribution is 2.04. The molecule has 0 bridgehead atoms. The van der Waals surface area contributed by atoms with E-state index in [-0.39, 0.29) is 5.91 Å². The van der Waals surface area contributed by atoms with Gasteiger partial charge in [-0.05, 0) is 44.0 Å². The monoisotopic (exact) mass is 254 g/mol.